The topological polar surface area (TPSA) is 90.3 Å². The Labute approximate surface area is 246 Å². The largest absolute Gasteiger partial charge is 0.457 e. The molecule has 4 aromatic carbocycles. The number of hydrogen-bond acceptors (Lipinski definition) is 5. The lowest BCUT2D eigenvalue weighted by molar-refractivity contribution is 0.0973. The van der Waals surface area contributed by atoms with Gasteiger partial charge >= 0.3 is 0 Å². The predicted molar refractivity (Wildman–Crippen MR) is 157 cm³/mol. The van der Waals surface area contributed by atoms with Crippen LogP contribution in [0.4, 0.5) is 0 Å². The second-order valence-electron chi connectivity index (χ2n) is 9.17. The summed E-state index contributed by atoms with van der Waals surface area (Å²) in [5, 5.41) is 6.43. The zero-order chi connectivity index (χ0) is 28.6. The third kappa shape index (κ3) is 5.95. The van der Waals surface area contributed by atoms with E-state index >= 15 is 0 Å². The summed E-state index contributed by atoms with van der Waals surface area (Å²) in [6.07, 6.45) is 0. The first-order valence-electron chi connectivity index (χ1n) is 12.0. The van der Waals surface area contributed by atoms with Gasteiger partial charge in [0.25, 0.3) is 15.9 Å². The maximum atomic E-state index is 13.4. The molecule has 1 amide bonds. The summed E-state index contributed by atoms with van der Waals surface area (Å²) in [4.78, 5) is 13.3. The first-order chi connectivity index (χ1) is 19.0. The highest BCUT2D eigenvalue weighted by atomic mass is 35.5. The SMILES string of the molecule is Cc1cc(Oc2ccc(Cn3nc4ccc(Cl)cc4c3C(=O)NS(=O)(=O)c3ccc(Cl)cc3)cc2)cc(C)c1Cl. The molecule has 5 rings (SSSR count). The summed E-state index contributed by atoms with van der Waals surface area (Å²) >= 11 is 18.3. The fourth-order valence-corrected chi connectivity index (χ4v) is 5.60. The number of carbonyl (C=O) groups is 1. The van der Waals surface area contributed by atoms with E-state index in [1.807, 2.05) is 38.1 Å². The molecule has 1 N–H and O–H groups in total. The molecular formula is C29H22Cl3N3O4S. The van der Waals surface area contributed by atoms with Gasteiger partial charge in [-0.1, -0.05) is 46.9 Å². The van der Waals surface area contributed by atoms with E-state index in [0.717, 1.165) is 16.7 Å². The summed E-state index contributed by atoms with van der Waals surface area (Å²) in [7, 11) is -4.17. The Hall–Kier alpha value is -3.56. The van der Waals surface area contributed by atoms with Crippen LogP contribution in [0.25, 0.3) is 10.9 Å². The van der Waals surface area contributed by atoms with Gasteiger partial charge in [0, 0.05) is 20.5 Å². The Kier molecular flexibility index (Phi) is 7.79. The fourth-order valence-electron chi connectivity index (χ4n) is 4.24. The number of fused-ring (bicyclic) bond motifs is 1. The van der Waals surface area contributed by atoms with Crippen LogP contribution in [0.3, 0.4) is 0 Å². The fraction of sp³-hybridized carbons (Fsp3) is 0.103. The Bertz CT molecular complexity index is 1830. The van der Waals surface area contributed by atoms with Crippen molar-refractivity contribution in [3.8, 4) is 11.5 Å². The van der Waals surface area contributed by atoms with Crippen LogP contribution in [0.15, 0.2) is 83.8 Å². The molecule has 0 atom stereocenters. The lowest BCUT2D eigenvalue weighted by Gasteiger charge is -2.12. The van der Waals surface area contributed by atoms with Crippen molar-refractivity contribution >= 4 is 61.6 Å². The Balaban J connectivity index is 1.43. The second kappa shape index (κ2) is 11.1. The first kappa shape index (κ1) is 28.0. The molecule has 0 radical (unpaired) electrons. The molecule has 0 bridgehead atoms. The van der Waals surface area contributed by atoms with Crippen molar-refractivity contribution in [1.29, 1.82) is 0 Å². The molecule has 1 aromatic heterocycles. The second-order valence-corrected chi connectivity index (χ2v) is 12.1. The van der Waals surface area contributed by atoms with Crippen LogP contribution < -0.4 is 9.46 Å². The normalized spacial score (nSPS) is 11.5. The third-order valence-electron chi connectivity index (χ3n) is 6.17. The molecule has 0 fully saturated rings. The maximum absolute atomic E-state index is 13.4. The average molecular weight is 615 g/mol. The van der Waals surface area contributed by atoms with Crippen LogP contribution in [0, 0.1) is 13.8 Å². The van der Waals surface area contributed by atoms with Gasteiger partial charge in [0.1, 0.15) is 17.2 Å². The number of carbonyl (C=O) groups excluding carboxylic acids is 1. The van der Waals surface area contributed by atoms with E-state index in [1.165, 1.54) is 28.9 Å². The van der Waals surface area contributed by atoms with Crippen molar-refractivity contribution in [3.05, 3.63) is 116 Å². The molecule has 0 saturated heterocycles. The van der Waals surface area contributed by atoms with E-state index in [1.54, 1.807) is 30.3 Å². The number of nitrogens with zero attached hydrogens (tertiary/aromatic N) is 2. The highest BCUT2D eigenvalue weighted by molar-refractivity contribution is 7.90. The molecule has 0 aliphatic heterocycles. The number of nitrogens with one attached hydrogen (secondary N) is 1. The molecule has 5 aromatic rings. The number of rotatable bonds is 7. The molecule has 1 heterocycles. The van der Waals surface area contributed by atoms with Crippen LogP contribution >= 0.6 is 34.8 Å². The Morgan fingerprint density at radius 1 is 0.850 bits per heavy atom. The minimum Gasteiger partial charge on any atom is -0.457 e. The summed E-state index contributed by atoms with van der Waals surface area (Å²) in [6.45, 7) is 4.03. The monoisotopic (exact) mass is 613 g/mol. The van der Waals surface area contributed by atoms with Crippen LogP contribution in [0.2, 0.25) is 15.1 Å². The van der Waals surface area contributed by atoms with Gasteiger partial charge in [-0.05, 0) is 97.3 Å². The van der Waals surface area contributed by atoms with E-state index < -0.39 is 15.9 Å². The quantitative estimate of drug-likeness (QED) is 0.204. The average Bonchev–Trinajstić information content (AvgIpc) is 3.25. The van der Waals surface area contributed by atoms with Crippen molar-refractivity contribution in [2.24, 2.45) is 0 Å². The number of ether oxygens (including phenoxy) is 1. The van der Waals surface area contributed by atoms with Crippen molar-refractivity contribution in [2.45, 2.75) is 25.3 Å². The first-order valence-corrected chi connectivity index (χ1v) is 14.6. The van der Waals surface area contributed by atoms with Crippen LogP contribution in [0.5, 0.6) is 11.5 Å². The van der Waals surface area contributed by atoms with E-state index in [0.29, 0.717) is 37.5 Å². The van der Waals surface area contributed by atoms with Gasteiger partial charge in [0.2, 0.25) is 0 Å². The van der Waals surface area contributed by atoms with Gasteiger partial charge in [0.05, 0.1) is 17.0 Å². The maximum Gasteiger partial charge on any atom is 0.283 e. The number of hydrogen-bond donors (Lipinski definition) is 1. The van der Waals surface area contributed by atoms with Crippen LogP contribution in [-0.2, 0) is 16.6 Å². The molecule has 0 aliphatic carbocycles. The minimum atomic E-state index is -4.17. The Morgan fingerprint density at radius 3 is 2.12 bits per heavy atom. The van der Waals surface area contributed by atoms with Crippen LogP contribution in [0.1, 0.15) is 27.2 Å². The standard InChI is InChI=1S/C29H22Cl3N3O4S/c1-17-13-23(14-18(2)27(17)32)39-22-8-3-19(4-9-22)16-35-28(25-15-21(31)7-12-26(25)33-35)29(36)34-40(37,38)24-10-5-20(30)6-11-24/h3-15H,16H2,1-2H3,(H,34,36). The highest BCUT2D eigenvalue weighted by Gasteiger charge is 2.25. The number of aryl methyl sites for hydroxylation is 2. The smallest absolute Gasteiger partial charge is 0.283 e. The number of halogens is 3. The third-order valence-corrected chi connectivity index (χ3v) is 8.60. The molecule has 0 spiro atoms. The van der Waals surface area contributed by atoms with E-state index in [9.17, 15) is 13.2 Å². The molecule has 0 unspecified atom stereocenters. The van der Waals surface area contributed by atoms with Crippen molar-refractivity contribution in [1.82, 2.24) is 14.5 Å². The van der Waals surface area contributed by atoms with Crippen molar-refractivity contribution in [3.63, 3.8) is 0 Å². The van der Waals surface area contributed by atoms with Gasteiger partial charge in [-0.25, -0.2) is 13.1 Å². The van der Waals surface area contributed by atoms with E-state index in [4.69, 9.17) is 39.5 Å². The number of benzene rings is 4. The van der Waals surface area contributed by atoms with Gasteiger partial charge < -0.3 is 4.74 Å². The number of amides is 1. The lowest BCUT2D eigenvalue weighted by atomic mass is 10.1. The minimum absolute atomic E-state index is 0.0579. The molecule has 0 saturated carbocycles. The number of aromatic nitrogens is 2. The zero-order valence-corrected chi connectivity index (χ0v) is 24.4. The lowest BCUT2D eigenvalue weighted by Crippen LogP contribution is -2.32. The molecule has 11 heteroatoms. The molecule has 40 heavy (non-hydrogen) atoms. The Morgan fingerprint density at radius 2 is 1.48 bits per heavy atom. The zero-order valence-electron chi connectivity index (χ0n) is 21.3. The van der Waals surface area contributed by atoms with Gasteiger partial charge in [-0.3, -0.25) is 9.48 Å². The predicted octanol–water partition coefficient (Wildman–Crippen LogP) is 7.57. The van der Waals surface area contributed by atoms with E-state index in [-0.39, 0.29) is 17.1 Å². The summed E-state index contributed by atoms with van der Waals surface area (Å²) in [6, 6.07) is 21.4. The van der Waals surface area contributed by atoms with Gasteiger partial charge in [0.15, 0.2) is 0 Å². The number of sulfonamides is 1. The molecule has 204 valence electrons. The van der Waals surface area contributed by atoms with E-state index in [2.05, 4.69) is 9.82 Å². The summed E-state index contributed by atoms with van der Waals surface area (Å²) in [5.74, 6) is 0.450. The molecule has 0 aliphatic rings. The molecular weight excluding hydrogens is 593 g/mol. The summed E-state index contributed by atoms with van der Waals surface area (Å²) < 4.78 is 35.4. The van der Waals surface area contributed by atoms with Gasteiger partial charge in [-0.2, -0.15) is 5.10 Å². The summed E-state index contributed by atoms with van der Waals surface area (Å²) in [5.41, 5.74) is 3.20. The van der Waals surface area contributed by atoms with Crippen molar-refractivity contribution < 1.29 is 17.9 Å². The van der Waals surface area contributed by atoms with Crippen LogP contribution in [-0.4, -0.2) is 24.1 Å². The van der Waals surface area contributed by atoms with Crippen molar-refractivity contribution in [2.75, 3.05) is 0 Å². The van der Waals surface area contributed by atoms with Gasteiger partial charge in [-0.15, -0.1) is 0 Å². The molecule has 7 nitrogen and oxygen atoms in total. The highest BCUT2D eigenvalue weighted by Crippen LogP contribution is 2.30.